The molecule has 0 heterocycles. The molecule has 0 N–H and O–H groups in total. The van der Waals surface area contributed by atoms with Crippen molar-refractivity contribution in [3.63, 3.8) is 0 Å². The zero-order valence-corrected chi connectivity index (χ0v) is 11.0. The lowest BCUT2D eigenvalue weighted by molar-refractivity contribution is 0.0510. The summed E-state index contributed by atoms with van der Waals surface area (Å²) in [5, 5.41) is 0. The molecule has 2 aromatic carbocycles. The van der Waals surface area contributed by atoms with Crippen molar-refractivity contribution in [2.45, 2.75) is 0 Å². The first-order valence-corrected chi connectivity index (χ1v) is 6.04. The second kappa shape index (κ2) is 6.82. The van der Waals surface area contributed by atoms with E-state index in [1.807, 2.05) is 24.3 Å². The Kier molecular flexibility index (Phi) is 4.85. The molecule has 0 aliphatic rings. The molecule has 0 fully saturated rings. The van der Waals surface area contributed by atoms with Crippen molar-refractivity contribution in [1.82, 2.24) is 0 Å². The van der Waals surface area contributed by atoms with Crippen LogP contribution in [0.5, 0.6) is 5.75 Å². The van der Waals surface area contributed by atoms with Gasteiger partial charge in [-0.1, -0.05) is 36.4 Å². The summed E-state index contributed by atoms with van der Waals surface area (Å²) in [6.07, 6.45) is 3.47. The fourth-order valence-electron chi connectivity index (χ4n) is 1.67. The summed E-state index contributed by atoms with van der Waals surface area (Å²) in [5.74, 6) is -1.06. The molecule has 0 saturated heterocycles. The van der Waals surface area contributed by atoms with E-state index < -0.39 is 11.6 Å². The van der Waals surface area contributed by atoms with E-state index in [2.05, 4.69) is 0 Å². The number of methoxy groups -OCH3 is 1. The Morgan fingerprint density at radius 3 is 2.55 bits per heavy atom. The van der Waals surface area contributed by atoms with E-state index in [1.165, 1.54) is 6.07 Å². The molecule has 20 heavy (non-hydrogen) atoms. The molecule has 0 spiro atoms. The average Bonchev–Trinajstić information content (AvgIpc) is 2.47. The summed E-state index contributed by atoms with van der Waals surface area (Å²) >= 11 is 0. The molecule has 0 radical (unpaired) electrons. The van der Waals surface area contributed by atoms with E-state index in [1.54, 1.807) is 19.3 Å². The van der Waals surface area contributed by atoms with Gasteiger partial charge in [-0.2, -0.15) is 0 Å². The molecule has 2 nitrogen and oxygen atoms in total. The van der Waals surface area contributed by atoms with Crippen molar-refractivity contribution in [1.29, 1.82) is 0 Å². The number of hydrogen-bond donors (Lipinski definition) is 0. The van der Waals surface area contributed by atoms with E-state index in [0.717, 1.165) is 17.7 Å². The van der Waals surface area contributed by atoms with Crippen LogP contribution >= 0.6 is 0 Å². The maximum Gasteiger partial charge on any atom is 0.188 e. The molecular formula is C16H14F2O2. The van der Waals surface area contributed by atoms with Gasteiger partial charge < -0.3 is 9.47 Å². The molecule has 0 amide bonds. The van der Waals surface area contributed by atoms with Gasteiger partial charge in [0.05, 0.1) is 0 Å². The molecule has 4 heteroatoms. The zero-order chi connectivity index (χ0) is 14.4. The molecule has 0 atom stereocenters. The normalized spacial score (nSPS) is 10.9. The van der Waals surface area contributed by atoms with E-state index in [-0.39, 0.29) is 6.79 Å². The number of halogens is 2. The van der Waals surface area contributed by atoms with Gasteiger partial charge in [0, 0.05) is 12.7 Å². The van der Waals surface area contributed by atoms with Gasteiger partial charge in [-0.3, -0.25) is 0 Å². The first-order chi connectivity index (χ1) is 9.70. The Morgan fingerprint density at radius 2 is 1.80 bits per heavy atom. The van der Waals surface area contributed by atoms with Crippen LogP contribution in [0.4, 0.5) is 8.78 Å². The van der Waals surface area contributed by atoms with Crippen LogP contribution < -0.4 is 4.74 Å². The van der Waals surface area contributed by atoms with E-state index in [4.69, 9.17) is 9.47 Å². The minimum absolute atomic E-state index is 0.149. The number of benzene rings is 2. The van der Waals surface area contributed by atoms with Gasteiger partial charge in [-0.05, 0) is 23.8 Å². The first-order valence-electron chi connectivity index (χ1n) is 6.04. The van der Waals surface area contributed by atoms with Crippen LogP contribution in [0, 0.1) is 11.6 Å². The predicted octanol–water partition coefficient (Wildman–Crippen LogP) is 4.12. The SMILES string of the molecule is COCOc1ccccc1/C=C/c1ccc(F)c(F)c1. The summed E-state index contributed by atoms with van der Waals surface area (Å²) < 4.78 is 36.2. The molecule has 0 aromatic heterocycles. The quantitative estimate of drug-likeness (QED) is 0.604. The van der Waals surface area contributed by atoms with Crippen LogP contribution in [0.3, 0.4) is 0 Å². The lowest BCUT2D eigenvalue weighted by Crippen LogP contribution is -1.99. The Morgan fingerprint density at radius 1 is 1.00 bits per heavy atom. The van der Waals surface area contributed by atoms with E-state index >= 15 is 0 Å². The molecule has 0 aliphatic carbocycles. The molecule has 104 valence electrons. The summed E-state index contributed by atoms with van der Waals surface area (Å²) in [6.45, 7) is 0.149. The third kappa shape index (κ3) is 3.65. The molecule has 0 saturated carbocycles. The first kappa shape index (κ1) is 14.2. The van der Waals surface area contributed by atoms with Gasteiger partial charge in [0.25, 0.3) is 0 Å². The van der Waals surface area contributed by atoms with Gasteiger partial charge in [0.1, 0.15) is 5.75 Å². The van der Waals surface area contributed by atoms with Crippen LogP contribution in [0.2, 0.25) is 0 Å². The zero-order valence-electron chi connectivity index (χ0n) is 11.0. The second-order valence-corrected chi connectivity index (χ2v) is 4.10. The van der Waals surface area contributed by atoms with Crippen molar-refractivity contribution >= 4 is 12.2 Å². The van der Waals surface area contributed by atoms with Crippen LogP contribution in [-0.4, -0.2) is 13.9 Å². The Labute approximate surface area is 116 Å². The minimum Gasteiger partial charge on any atom is -0.467 e. The van der Waals surface area contributed by atoms with Gasteiger partial charge in [-0.15, -0.1) is 0 Å². The summed E-state index contributed by atoms with van der Waals surface area (Å²) in [7, 11) is 1.54. The van der Waals surface area contributed by atoms with Crippen molar-refractivity contribution in [2.75, 3.05) is 13.9 Å². The Balaban J connectivity index is 2.20. The standard InChI is InChI=1S/C16H14F2O2/c1-19-11-20-16-5-3-2-4-13(16)8-6-12-7-9-14(17)15(18)10-12/h2-10H,11H2,1H3/b8-6+. The van der Waals surface area contributed by atoms with Crippen LogP contribution in [0.1, 0.15) is 11.1 Å². The van der Waals surface area contributed by atoms with Crippen LogP contribution in [0.15, 0.2) is 42.5 Å². The maximum atomic E-state index is 13.1. The van der Waals surface area contributed by atoms with Crippen LogP contribution in [0.25, 0.3) is 12.2 Å². The average molecular weight is 276 g/mol. The number of para-hydroxylation sites is 1. The summed E-state index contributed by atoms with van der Waals surface area (Å²) in [6, 6.07) is 11.1. The van der Waals surface area contributed by atoms with Crippen molar-refractivity contribution in [3.8, 4) is 5.75 Å². The fourth-order valence-corrected chi connectivity index (χ4v) is 1.67. The second-order valence-electron chi connectivity index (χ2n) is 4.10. The van der Waals surface area contributed by atoms with Crippen LogP contribution in [-0.2, 0) is 4.74 Å². The monoisotopic (exact) mass is 276 g/mol. The van der Waals surface area contributed by atoms with E-state index in [0.29, 0.717) is 11.3 Å². The smallest absolute Gasteiger partial charge is 0.188 e. The third-order valence-corrected chi connectivity index (χ3v) is 2.65. The lowest BCUT2D eigenvalue weighted by atomic mass is 10.1. The maximum absolute atomic E-state index is 13.1. The fraction of sp³-hybridized carbons (Fsp3) is 0.125. The molecule has 2 aromatic rings. The summed E-state index contributed by atoms with van der Waals surface area (Å²) in [4.78, 5) is 0. The topological polar surface area (TPSA) is 18.5 Å². The van der Waals surface area contributed by atoms with Gasteiger partial charge in [-0.25, -0.2) is 8.78 Å². The largest absolute Gasteiger partial charge is 0.467 e. The highest BCUT2D eigenvalue weighted by Gasteiger charge is 2.02. The highest BCUT2D eigenvalue weighted by atomic mass is 19.2. The minimum atomic E-state index is -0.865. The lowest BCUT2D eigenvalue weighted by Gasteiger charge is -2.07. The number of rotatable bonds is 5. The third-order valence-electron chi connectivity index (χ3n) is 2.65. The van der Waals surface area contributed by atoms with Gasteiger partial charge >= 0.3 is 0 Å². The molecule has 0 unspecified atom stereocenters. The van der Waals surface area contributed by atoms with Gasteiger partial charge in [0.2, 0.25) is 0 Å². The highest BCUT2D eigenvalue weighted by Crippen LogP contribution is 2.21. The molecule has 0 bridgehead atoms. The van der Waals surface area contributed by atoms with E-state index in [9.17, 15) is 8.78 Å². The predicted molar refractivity (Wildman–Crippen MR) is 74.2 cm³/mol. The van der Waals surface area contributed by atoms with Crippen molar-refractivity contribution < 1.29 is 18.3 Å². The van der Waals surface area contributed by atoms with Crippen molar-refractivity contribution in [3.05, 3.63) is 65.2 Å². The molecular weight excluding hydrogens is 262 g/mol. The molecule has 2 rings (SSSR count). The molecule has 0 aliphatic heterocycles. The summed E-state index contributed by atoms with van der Waals surface area (Å²) in [5.41, 5.74) is 1.40. The number of hydrogen-bond acceptors (Lipinski definition) is 2. The van der Waals surface area contributed by atoms with Crippen molar-refractivity contribution in [2.24, 2.45) is 0 Å². The highest BCUT2D eigenvalue weighted by molar-refractivity contribution is 5.72. The number of ether oxygens (including phenoxy) is 2. The Hall–Kier alpha value is -2.20. The van der Waals surface area contributed by atoms with Gasteiger partial charge in [0.15, 0.2) is 18.4 Å². The Bertz CT molecular complexity index is 609.